The molecule has 0 aliphatic carbocycles. The standard InChI is InChI=1S/C17H18N2O5/c1-23-15-5-3-4-13(10-15)16(24-2)11-18-17(20)12-6-8-14(9-7-12)19(21)22/h3-10,16H,11H2,1-2H3,(H,18,20). The summed E-state index contributed by atoms with van der Waals surface area (Å²) < 4.78 is 10.6. The number of benzene rings is 2. The molecule has 7 nitrogen and oxygen atoms in total. The van der Waals surface area contributed by atoms with Crippen LogP contribution in [0.25, 0.3) is 0 Å². The van der Waals surface area contributed by atoms with E-state index in [9.17, 15) is 14.9 Å². The molecular weight excluding hydrogens is 312 g/mol. The highest BCUT2D eigenvalue weighted by Crippen LogP contribution is 2.21. The Morgan fingerprint density at radius 3 is 2.50 bits per heavy atom. The van der Waals surface area contributed by atoms with Crippen LogP contribution in [0.2, 0.25) is 0 Å². The molecule has 0 aromatic heterocycles. The van der Waals surface area contributed by atoms with Gasteiger partial charge < -0.3 is 14.8 Å². The minimum atomic E-state index is -0.509. The van der Waals surface area contributed by atoms with Crippen molar-refractivity contribution in [3.8, 4) is 5.75 Å². The molecule has 2 aromatic rings. The van der Waals surface area contributed by atoms with Gasteiger partial charge in [0.2, 0.25) is 0 Å². The van der Waals surface area contributed by atoms with Crippen molar-refractivity contribution in [2.24, 2.45) is 0 Å². The zero-order chi connectivity index (χ0) is 17.5. The number of hydrogen-bond acceptors (Lipinski definition) is 5. The van der Waals surface area contributed by atoms with E-state index in [1.807, 2.05) is 24.3 Å². The fourth-order valence-electron chi connectivity index (χ4n) is 2.20. The van der Waals surface area contributed by atoms with Gasteiger partial charge in [-0.1, -0.05) is 12.1 Å². The summed E-state index contributed by atoms with van der Waals surface area (Å²) in [6.45, 7) is 0.263. The summed E-state index contributed by atoms with van der Waals surface area (Å²) in [5.41, 5.74) is 1.17. The molecule has 0 saturated heterocycles. The second-order valence-electron chi connectivity index (χ2n) is 5.01. The summed E-state index contributed by atoms with van der Waals surface area (Å²) in [4.78, 5) is 22.3. The first-order valence-corrected chi connectivity index (χ1v) is 7.24. The van der Waals surface area contributed by atoms with Crippen LogP contribution in [0.1, 0.15) is 22.0 Å². The summed E-state index contributed by atoms with van der Waals surface area (Å²) >= 11 is 0. The molecule has 126 valence electrons. The molecule has 2 rings (SSSR count). The van der Waals surface area contributed by atoms with Crippen molar-refractivity contribution in [1.29, 1.82) is 0 Å². The van der Waals surface area contributed by atoms with Gasteiger partial charge in [-0.25, -0.2) is 0 Å². The molecule has 0 heterocycles. The summed E-state index contributed by atoms with van der Waals surface area (Å²) in [7, 11) is 3.14. The zero-order valence-corrected chi connectivity index (χ0v) is 13.4. The van der Waals surface area contributed by atoms with E-state index in [0.29, 0.717) is 11.3 Å². The zero-order valence-electron chi connectivity index (χ0n) is 13.4. The lowest BCUT2D eigenvalue weighted by molar-refractivity contribution is -0.384. The molecule has 2 aromatic carbocycles. The number of rotatable bonds is 7. The Morgan fingerprint density at radius 2 is 1.92 bits per heavy atom. The van der Waals surface area contributed by atoms with Gasteiger partial charge in [0.25, 0.3) is 11.6 Å². The monoisotopic (exact) mass is 330 g/mol. The molecule has 0 saturated carbocycles. The van der Waals surface area contributed by atoms with Gasteiger partial charge in [0.1, 0.15) is 5.75 Å². The van der Waals surface area contributed by atoms with Crippen LogP contribution in [0.4, 0.5) is 5.69 Å². The van der Waals surface area contributed by atoms with Crippen LogP contribution in [-0.4, -0.2) is 31.6 Å². The van der Waals surface area contributed by atoms with Crippen molar-refractivity contribution < 1.29 is 19.2 Å². The quantitative estimate of drug-likeness (QED) is 0.622. The lowest BCUT2D eigenvalue weighted by Crippen LogP contribution is -2.29. The molecular formula is C17H18N2O5. The molecule has 0 bridgehead atoms. The maximum Gasteiger partial charge on any atom is 0.269 e. The highest BCUT2D eigenvalue weighted by molar-refractivity contribution is 5.94. The first-order valence-electron chi connectivity index (χ1n) is 7.24. The number of ether oxygens (including phenoxy) is 2. The molecule has 7 heteroatoms. The van der Waals surface area contributed by atoms with Crippen LogP contribution in [0.5, 0.6) is 5.75 Å². The van der Waals surface area contributed by atoms with Crippen LogP contribution in [0.15, 0.2) is 48.5 Å². The Hall–Kier alpha value is -2.93. The smallest absolute Gasteiger partial charge is 0.269 e. The predicted octanol–water partition coefficient (Wildman–Crippen LogP) is 2.72. The van der Waals surface area contributed by atoms with Crippen molar-refractivity contribution >= 4 is 11.6 Å². The summed E-state index contributed by atoms with van der Waals surface area (Å²) in [5, 5.41) is 13.4. The summed E-state index contributed by atoms with van der Waals surface area (Å²) in [5.74, 6) is 0.381. The van der Waals surface area contributed by atoms with Crippen molar-refractivity contribution in [3.63, 3.8) is 0 Å². The predicted molar refractivity (Wildman–Crippen MR) is 88.2 cm³/mol. The number of nitro benzene ring substituents is 1. The fourth-order valence-corrected chi connectivity index (χ4v) is 2.20. The minimum Gasteiger partial charge on any atom is -0.497 e. The molecule has 0 aliphatic rings. The van der Waals surface area contributed by atoms with Gasteiger partial charge in [-0.05, 0) is 29.8 Å². The third-order valence-electron chi connectivity index (χ3n) is 3.54. The summed E-state index contributed by atoms with van der Waals surface area (Å²) in [6, 6.07) is 12.8. The maximum atomic E-state index is 12.1. The average Bonchev–Trinajstić information content (AvgIpc) is 2.62. The normalized spacial score (nSPS) is 11.6. The van der Waals surface area contributed by atoms with Gasteiger partial charge in [-0.15, -0.1) is 0 Å². The first kappa shape index (κ1) is 17.4. The molecule has 1 amide bonds. The number of carbonyl (C=O) groups excluding carboxylic acids is 1. The van der Waals surface area contributed by atoms with Crippen LogP contribution in [0, 0.1) is 10.1 Å². The van der Waals surface area contributed by atoms with Crippen LogP contribution >= 0.6 is 0 Å². The molecule has 0 radical (unpaired) electrons. The molecule has 1 N–H and O–H groups in total. The SMILES string of the molecule is COc1cccc(C(CNC(=O)c2ccc([N+](=O)[O-])cc2)OC)c1. The van der Waals surface area contributed by atoms with E-state index in [1.54, 1.807) is 14.2 Å². The second-order valence-corrected chi connectivity index (χ2v) is 5.01. The minimum absolute atomic E-state index is 0.0577. The lowest BCUT2D eigenvalue weighted by atomic mass is 10.1. The topological polar surface area (TPSA) is 90.7 Å². The van der Waals surface area contributed by atoms with Crippen molar-refractivity contribution in [3.05, 3.63) is 69.8 Å². The maximum absolute atomic E-state index is 12.1. The number of methoxy groups -OCH3 is 2. The van der Waals surface area contributed by atoms with E-state index in [2.05, 4.69) is 5.32 Å². The Balaban J connectivity index is 2.01. The lowest BCUT2D eigenvalue weighted by Gasteiger charge is -2.17. The van der Waals surface area contributed by atoms with Gasteiger partial charge in [0.05, 0.1) is 18.1 Å². The number of nitrogens with one attached hydrogen (secondary N) is 1. The number of hydrogen-bond donors (Lipinski definition) is 1. The third-order valence-corrected chi connectivity index (χ3v) is 3.54. The number of nitrogens with zero attached hydrogens (tertiary/aromatic N) is 1. The first-order chi connectivity index (χ1) is 11.5. The van der Waals surface area contributed by atoms with Gasteiger partial charge in [0.15, 0.2) is 0 Å². The van der Waals surface area contributed by atoms with E-state index < -0.39 is 4.92 Å². The highest BCUT2D eigenvalue weighted by atomic mass is 16.6. The van der Waals surface area contributed by atoms with Gasteiger partial charge >= 0.3 is 0 Å². The number of non-ortho nitro benzene ring substituents is 1. The average molecular weight is 330 g/mol. The van der Waals surface area contributed by atoms with Gasteiger partial charge in [0, 0.05) is 31.4 Å². The third kappa shape index (κ3) is 4.30. The number of amides is 1. The highest BCUT2D eigenvalue weighted by Gasteiger charge is 2.14. The molecule has 0 aliphatic heterocycles. The van der Waals surface area contributed by atoms with Crippen LogP contribution in [0.3, 0.4) is 0 Å². The van der Waals surface area contributed by atoms with Gasteiger partial charge in [-0.2, -0.15) is 0 Å². The molecule has 24 heavy (non-hydrogen) atoms. The second kappa shape index (κ2) is 8.07. The van der Waals surface area contributed by atoms with E-state index in [0.717, 1.165) is 5.56 Å². The van der Waals surface area contributed by atoms with E-state index in [4.69, 9.17) is 9.47 Å². The van der Waals surface area contributed by atoms with Crippen LogP contribution < -0.4 is 10.1 Å². The molecule has 1 atom stereocenters. The van der Waals surface area contributed by atoms with E-state index in [1.165, 1.54) is 24.3 Å². The number of carbonyl (C=O) groups is 1. The number of nitro groups is 1. The fraction of sp³-hybridized carbons (Fsp3) is 0.235. The molecule has 0 spiro atoms. The van der Waals surface area contributed by atoms with Crippen molar-refractivity contribution in [1.82, 2.24) is 5.32 Å². The molecule has 0 fully saturated rings. The Morgan fingerprint density at radius 1 is 1.21 bits per heavy atom. The summed E-state index contributed by atoms with van der Waals surface area (Å²) in [6.07, 6.45) is -0.331. The Kier molecular flexibility index (Phi) is 5.86. The van der Waals surface area contributed by atoms with Crippen molar-refractivity contribution in [2.75, 3.05) is 20.8 Å². The molecule has 1 unspecified atom stereocenters. The Labute approximate surface area is 139 Å². The van der Waals surface area contributed by atoms with Crippen molar-refractivity contribution in [2.45, 2.75) is 6.10 Å². The van der Waals surface area contributed by atoms with E-state index >= 15 is 0 Å². The van der Waals surface area contributed by atoms with E-state index in [-0.39, 0.29) is 24.2 Å². The Bertz CT molecular complexity index is 715. The van der Waals surface area contributed by atoms with Crippen LogP contribution in [-0.2, 0) is 4.74 Å². The van der Waals surface area contributed by atoms with Gasteiger partial charge in [-0.3, -0.25) is 14.9 Å². The largest absolute Gasteiger partial charge is 0.497 e.